The minimum absolute atomic E-state index is 0.185. The van der Waals surface area contributed by atoms with E-state index in [1.165, 1.54) is 0 Å². The van der Waals surface area contributed by atoms with Gasteiger partial charge in [0.1, 0.15) is 22.4 Å². The molecule has 0 radical (unpaired) electrons. The topological polar surface area (TPSA) is 96.0 Å². The quantitative estimate of drug-likeness (QED) is 0.478. The number of sulfonamides is 1. The highest BCUT2D eigenvalue weighted by atomic mass is 79.9. The zero-order chi connectivity index (χ0) is 20.1. The number of nitrogens with zero attached hydrogens (tertiary/aromatic N) is 2. The highest BCUT2D eigenvalue weighted by molar-refractivity contribution is 9.10. The highest BCUT2D eigenvalue weighted by Gasteiger charge is 2.17. The van der Waals surface area contributed by atoms with Crippen molar-refractivity contribution in [1.82, 2.24) is 9.97 Å². The number of aromatic nitrogens is 2. The van der Waals surface area contributed by atoms with Crippen LogP contribution in [-0.4, -0.2) is 24.9 Å². The first-order chi connectivity index (χ1) is 13.4. The first kappa shape index (κ1) is 20.1. The molecule has 0 unspecified atom stereocenters. The molecule has 146 valence electrons. The lowest BCUT2D eigenvalue weighted by Gasteiger charge is -2.12. The molecular weight excluding hydrogens is 442 g/mol. The molecule has 0 bridgehead atoms. The standard InChI is InChI=1S/C19H20BrN5O2S/c1-3-21-18-12-19(23-13(2)22-18)24-14-8-10-15(11-9-14)25-28(26,27)17-7-5-4-6-16(17)20/h4-12,25H,3H2,1-2H3,(H2,21,22,23,24). The summed E-state index contributed by atoms with van der Waals surface area (Å²) in [7, 11) is -3.68. The minimum atomic E-state index is -3.68. The highest BCUT2D eigenvalue weighted by Crippen LogP contribution is 2.25. The van der Waals surface area contributed by atoms with Crippen LogP contribution in [0.15, 0.2) is 64.0 Å². The molecule has 9 heteroatoms. The van der Waals surface area contributed by atoms with Crippen LogP contribution >= 0.6 is 15.9 Å². The normalized spacial score (nSPS) is 11.1. The molecule has 28 heavy (non-hydrogen) atoms. The van der Waals surface area contributed by atoms with E-state index in [1.807, 2.05) is 19.9 Å². The summed E-state index contributed by atoms with van der Waals surface area (Å²) in [5.41, 5.74) is 1.25. The molecule has 0 amide bonds. The lowest BCUT2D eigenvalue weighted by atomic mass is 10.3. The summed E-state index contributed by atoms with van der Waals surface area (Å²) in [4.78, 5) is 8.86. The second kappa shape index (κ2) is 8.57. The fourth-order valence-corrected chi connectivity index (χ4v) is 4.61. The summed E-state index contributed by atoms with van der Waals surface area (Å²) in [5, 5.41) is 6.36. The molecule has 3 aromatic rings. The van der Waals surface area contributed by atoms with Crippen LogP contribution < -0.4 is 15.4 Å². The molecule has 3 N–H and O–H groups in total. The van der Waals surface area contributed by atoms with E-state index in [1.54, 1.807) is 48.5 Å². The molecule has 0 atom stereocenters. The monoisotopic (exact) mass is 461 g/mol. The van der Waals surface area contributed by atoms with Gasteiger partial charge in [-0.3, -0.25) is 4.72 Å². The van der Waals surface area contributed by atoms with Crippen LogP contribution in [0.2, 0.25) is 0 Å². The third kappa shape index (κ3) is 4.99. The second-order valence-corrected chi connectivity index (χ2v) is 8.46. The van der Waals surface area contributed by atoms with Crippen molar-refractivity contribution >= 4 is 49.0 Å². The average Bonchev–Trinajstić information content (AvgIpc) is 2.63. The molecule has 1 heterocycles. The lowest BCUT2D eigenvalue weighted by molar-refractivity contribution is 0.601. The molecular formula is C19H20BrN5O2S. The number of aryl methyl sites for hydroxylation is 1. The zero-order valence-corrected chi connectivity index (χ0v) is 17.8. The van der Waals surface area contributed by atoms with Crippen molar-refractivity contribution in [2.75, 3.05) is 21.9 Å². The summed E-state index contributed by atoms with van der Waals surface area (Å²) < 4.78 is 28.2. The Hall–Kier alpha value is -2.65. The van der Waals surface area contributed by atoms with E-state index < -0.39 is 10.0 Å². The van der Waals surface area contributed by atoms with Gasteiger partial charge in [0.25, 0.3) is 10.0 Å². The Balaban J connectivity index is 1.75. The van der Waals surface area contributed by atoms with Crippen LogP contribution in [0.5, 0.6) is 0 Å². The Morgan fingerprint density at radius 2 is 1.61 bits per heavy atom. The number of rotatable bonds is 7. The van der Waals surface area contributed by atoms with E-state index >= 15 is 0 Å². The minimum Gasteiger partial charge on any atom is -0.370 e. The van der Waals surface area contributed by atoms with E-state index in [0.717, 1.165) is 18.1 Å². The fraction of sp³-hybridized carbons (Fsp3) is 0.158. The maximum Gasteiger partial charge on any atom is 0.263 e. The number of benzene rings is 2. The van der Waals surface area contributed by atoms with Crippen LogP contribution in [0.25, 0.3) is 0 Å². The Labute approximate surface area is 172 Å². The van der Waals surface area contributed by atoms with Gasteiger partial charge in [0.15, 0.2) is 0 Å². The summed E-state index contributed by atoms with van der Waals surface area (Å²) >= 11 is 3.27. The maximum absolute atomic E-state index is 12.6. The van der Waals surface area contributed by atoms with Gasteiger partial charge in [-0.25, -0.2) is 18.4 Å². The van der Waals surface area contributed by atoms with Crippen molar-refractivity contribution in [2.45, 2.75) is 18.7 Å². The predicted molar refractivity (Wildman–Crippen MR) is 116 cm³/mol. The molecule has 0 saturated heterocycles. The molecule has 0 saturated carbocycles. The maximum atomic E-state index is 12.6. The number of anilines is 4. The van der Waals surface area contributed by atoms with Crippen molar-refractivity contribution in [3.63, 3.8) is 0 Å². The third-order valence-electron chi connectivity index (χ3n) is 3.73. The van der Waals surface area contributed by atoms with Gasteiger partial charge in [0, 0.05) is 28.5 Å². The summed E-state index contributed by atoms with van der Waals surface area (Å²) in [6.45, 7) is 4.59. The lowest BCUT2D eigenvalue weighted by Crippen LogP contribution is -2.13. The van der Waals surface area contributed by atoms with Gasteiger partial charge in [-0.05, 0) is 66.2 Å². The zero-order valence-electron chi connectivity index (χ0n) is 15.4. The van der Waals surface area contributed by atoms with Gasteiger partial charge >= 0.3 is 0 Å². The summed E-state index contributed by atoms with van der Waals surface area (Å²) in [6, 6.07) is 15.4. The van der Waals surface area contributed by atoms with Crippen LogP contribution in [0, 0.1) is 6.92 Å². The molecule has 0 aliphatic heterocycles. The molecule has 3 rings (SSSR count). The number of hydrogen-bond donors (Lipinski definition) is 3. The van der Waals surface area contributed by atoms with Crippen LogP contribution in [0.3, 0.4) is 0 Å². The van der Waals surface area contributed by atoms with Gasteiger partial charge in [-0.15, -0.1) is 0 Å². The smallest absolute Gasteiger partial charge is 0.263 e. The predicted octanol–water partition coefficient (Wildman–Crippen LogP) is 4.52. The van der Waals surface area contributed by atoms with Crippen molar-refractivity contribution < 1.29 is 8.42 Å². The molecule has 0 spiro atoms. The second-order valence-electron chi connectivity index (χ2n) is 5.95. The van der Waals surface area contributed by atoms with Crippen molar-refractivity contribution in [1.29, 1.82) is 0 Å². The molecule has 0 aliphatic rings. The number of halogens is 1. The molecule has 0 aliphatic carbocycles. The van der Waals surface area contributed by atoms with Gasteiger partial charge in [0.05, 0.1) is 0 Å². The Morgan fingerprint density at radius 1 is 0.964 bits per heavy atom. The van der Waals surface area contributed by atoms with Gasteiger partial charge in [-0.2, -0.15) is 0 Å². The van der Waals surface area contributed by atoms with E-state index in [9.17, 15) is 8.42 Å². The van der Waals surface area contributed by atoms with E-state index in [0.29, 0.717) is 21.8 Å². The first-order valence-corrected chi connectivity index (χ1v) is 10.9. The Kier molecular flexibility index (Phi) is 6.15. The van der Waals surface area contributed by atoms with E-state index in [-0.39, 0.29) is 4.90 Å². The number of hydrogen-bond acceptors (Lipinski definition) is 6. The largest absolute Gasteiger partial charge is 0.370 e. The average molecular weight is 462 g/mol. The fourth-order valence-electron chi connectivity index (χ4n) is 2.55. The summed E-state index contributed by atoms with van der Waals surface area (Å²) in [5.74, 6) is 2.05. The van der Waals surface area contributed by atoms with Crippen LogP contribution in [0.1, 0.15) is 12.7 Å². The van der Waals surface area contributed by atoms with Crippen molar-refractivity contribution in [2.24, 2.45) is 0 Å². The molecule has 1 aromatic heterocycles. The molecule has 0 fully saturated rings. The molecule has 2 aromatic carbocycles. The van der Waals surface area contributed by atoms with Gasteiger partial charge < -0.3 is 10.6 Å². The van der Waals surface area contributed by atoms with Crippen LogP contribution in [0.4, 0.5) is 23.0 Å². The van der Waals surface area contributed by atoms with Gasteiger partial charge in [-0.1, -0.05) is 12.1 Å². The Morgan fingerprint density at radius 3 is 2.29 bits per heavy atom. The molecule has 7 nitrogen and oxygen atoms in total. The van der Waals surface area contributed by atoms with E-state index in [2.05, 4.69) is 41.3 Å². The Bertz CT molecular complexity index is 1070. The third-order valence-corrected chi connectivity index (χ3v) is 6.12. The summed E-state index contributed by atoms with van der Waals surface area (Å²) in [6.07, 6.45) is 0. The number of nitrogens with one attached hydrogen (secondary N) is 3. The van der Waals surface area contributed by atoms with Crippen molar-refractivity contribution in [3.05, 3.63) is 64.9 Å². The van der Waals surface area contributed by atoms with Gasteiger partial charge in [0.2, 0.25) is 0 Å². The van der Waals surface area contributed by atoms with Crippen molar-refractivity contribution in [3.8, 4) is 0 Å². The SMILES string of the molecule is CCNc1cc(Nc2ccc(NS(=O)(=O)c3ccccc3Br)cc2)nc(C)n1. The van der Waals surface area contributed by atoms with Crippen LogP contribution in [-0.2, 0) is 10.0 Å². The van der Waals surface area contributed by atoms with E-state index in [4.69, 9.17) is 0 Å². The first-order valence-electron chi connectivity index (χ1n) is 8.61.